The van der Waals surface area contributed by atoms with Gasteiger partial charge >= 0.3 is 5.97 Å². The Morgan fingerprint density at radius 3 is 2.12 bits per heavy atom. The van der Waals surface area contributed by atoms with Crippen LogP contribution in [0, 0.1) is 5.92 Å². The highest BCUT2D eigenvalue weighted by atomic mass is 16.5. The van der Waals surface area contributed by atoms with E-state index in [-0.39, 0.29) is 56.5 Å². The molecule has 0 bridgehead atoms. The fraction of sp³-hybridized carbons (Fsp3) is 0.538. The lowest BCUT2D eigenvalue weighted by molar-refractivity contribution is -0.144. The van der Waals surface area contributed by atoms with E-state index in [4.69, 9.17) is 4.74 Å². The number of hydrogen-bond acceptors (Lipinski definition) is 9. The number of likely N-dealkylation sites (tertiary alicyclic amines) is 1. The molecule has 2 aliphatic carbocycles. The summed E-state index contributed by atoms with van der Waals surface area (Å²) in [7, 11) is 0. The van der Waals surface area contributed by atoms with Crippen molar-refractivity contribution < 1.29 is 43.7 Å². The molecule has 2 fully saturated rings. The topological polar surface area (TPSA) is 191 Å². The van der Waals surface area contributed by atoms with Crippen LogP contribution < -0.4 is 16.0 Å². The van der Waals surface area contributed by atoms with Crippen LogP contribution in [-0.4, -0.2) is 101 Å². The predicted octanol–water partition coefficient (Wildman–Crippen LogP) is 2.11. The molecular weight excluding hydrogens is 668 g/mol. The standard InChI is InChI=1S/C39H50N4O9/c1-23(37(49)41-32(21-44)38(50)42-36(24(2)45)25-11-4-3-5-12-25)40-39(51)33-19-26(46)20-43(33)34(47)17-10-18-35(48)52-22-31-29-15-8-6-13-27(29)28-14-7-9-16-30(28)31/h6-9,13-16,23,25-26,31-33,36,44,46H,3-5,10-12,17-22H2,1-2H3,(H,40,51)(H,41,49)(H,42,50)/t23?,26-,32?,33?,36?/m1/s1. The van der Waals surface area contributed by atoms with Gasteiger partial charge in [0.05, 0.1) is 18.8 Å². The van der Waals surface area contributed by atoms with Gasteiger partial charge in [0, 0.05) is 31.7 Å². The molecule has 1 saturated carbocycles. The number of nitrogens with one attached hydrogen (secondary N) is 3. The largest absolute Gasteiger partial charge is 0.465 e. The Bertz CT molecular complexity index is 1600. The van der Waals surface area contributed by atoms with Gasteiger partial charge in [-0.2, -0.15) is 0 Å². The van der Waals surface area contributed by atoms with Crippen molar-refractivity contribution in [1.29, 1.82) is 0 Å². The van der Waals surface area contributed by atoms with Gasteiger partial charge in [-0.25, -0.2) is 0 Å². The Morgan fingerprint density at radius 2 is 1.50 bits per heavy atom. The number of aliphatic hydroxyl groups excluding tert-OH is 2. The molecule has 13 heteroatoms. The maximum absolute atomic E-state index is 13.2. The van der Waals surface area contributed by atoms with E-state index in [2.05, 4.69) is 28.1 Å². The zero-order valence-electron chi connectivity index (χ0n) is 29.8. The molecule has 2 aromatic carbocycles. The van der Waals surface area contributed by atoms with E-state index in [1.54, 1.807) is 0 Å². The highest BCUT2D eigenvalue weighted by Gasteiger charge is 2.40. The Labute approximate surface area is 303 Å². The number of amides is 4. The van der Waals surface area contributed by atoms with Crippen LogP contribution in [0.4, 0.5) is 0 Å². The molecule has 0 spiro atoms. The van der Waals surface area contributed by atoms with Gasteiger partial charge in [0.15, 0.2) is 5.78 Å². The monoisotopic (exact) mass is 718 g/mol. The number of fused-ring (bicyclic) bond motifs is 3. The lowest BCUT2D eigenvalue weighted by atomic mass is 9.82. The number of esters is 1. The van der Waals surface area contributed by atoms with Crippen LogP contribution in [0.3, 0.4) is 0 Å². The lowest BCUT2D eigenvalue weighted by Gasteiger charge is -2.30. The lowest BCUT2D eigenvalue weighted by Crippen LogP contribution is -2.58. The first-order valence-corrected chi connectivity index (χ1v) is 18.3. The first-order valence-electron chi connectivity index (χ1n) is 18.3. The van der Waals surface area contributed by atoms with Gasteiger partial charge in [-0.3, -0.25) is 28.8 Å². The second-order valence-electron chi connectivity index (χ2n) is 14.2. The summed E-state index contributed by atoms with van der Waals surface area (Å²) in [5.41, 5.74) is 4.44. The van der Waals surface area contributed by atoms with E-state index in [1.165, 1.54) is 18.7 Å². The van der Waals surface area contributed by atoms with Gasteiger partial charge in [0.25, 0.3) is 0 Å². The number of carbonyl (C=O) groups excluding carboxylic acids is 6. The van der Waals surface area contributed by atoms with Crippen molar-refractivity contribution >= 4 is 35.4 Å². The third-order valence-corrected chi connectivity index (χ3v) is 10.5. The molecule has 13 nitrogen and oxygen atoms in total. The van der Waals surface area contributed by atoms with E-state index in [0.717, 1.165) is 54.4 Å². The molecule has 0 aromatic heterocycles. The summed E-state index contributed by atoms with van der Waals surface area (Å²) in [6.07, 6.45) is 3.75. The highest BCUT2D eigenvalue weighted by Crippen LogP contribution is 2.44. The molecular formula is C39H50N4O9. The molecule has 1 heterocycles. The van der Waals surface area contributed by atoms with E-state index < -0.39 is 66.5 Å². The van der Waals surface area contributed by atoms with Crippen molar-refractivity contribution in [2.75, 3.05) is 19.8 Å². The minimum Gasteiger partial charge on any atom is -0.465 e. The normalized spacial score (nSPS) is 20.2. The van der Waals surface area contributed by atoms with Crippen molar-refractivity contribution in [1.82, 2.24) is 20.9 Å². The molecule has 5 atom stereocenters. The second kappa shape index (κ2) is 17.7. The highest BCUT2D eigenvalue weighted by molar-refractivity contribution is 5.95. The number of nitrogens with zero attached hydrogens (tertiary/aromatic N) is 1. The smallest absolute Gasteiger partial charge is 0.305 e. The second-order valence-corrected chi connectivity index (χ2v) is 14.2. The van der Waals surface area contributed by atoms with Crippen molar-refractivity contribution in [3.05, 3.63) is 59.7 Å². The number of rotatable bonds is 15. The van der Waals surface area contributed by atoms with Crippen LogP contribution in [0.25, 0.3) is 11.1 Å². The quantitative estimate of drug-likeness (QED) is 0.172. The number of β-amino-alcohol motifs (C(OH)–C–C–N with tert-alkyl or cyclic N) is 1. The maximum atomic E-state index is 13.2. The first kappa shape index (κ1) is 38.6. The number of carbonyl (C=O) groups is 6. The van der Waals surface area contributed by atoms with Gasteiger partial charge < -0.3 is 35.8 Å². The van der Waals surface area contributed by atoms with Gasteiger partial charge in [-0.1, -0.05) is 67.8 Å². The minimum atomic E-state index is -1.35. The molecule has 0 radical (unpaired) electrons. The molecule has 5 N–H and O–H groups in total. The Balaban J connectivity index is 1.07. The van der Waals surface area contributed by atoms with Crippen molar-refractivity contribution in [2.45, 2.75) is 108 Å². The van der Waals surface area contributed by atoms with Crippen LogP contribution in [0.15, 0.2) is 48.5 Å². The summed E-state index contributed by atoms with van der Waals surface area (Å²) in [5.74, 6) is -3.26. The molecule has 4 unspecified atom stereocenters. The van der Waals surface area contributed by atoms with E-state index in [0.29, 0.717) is 0 Å². The number of hydrogen-bond donors (Lipinski definition) is 5. The Kier molecular flexibility index (Phi) is 13.2. The predicted molar refractivity (Wildman–Crippen MR) is 190 cm³/mol. The number of ketones is 1. The zero-order valence-corrected chi connectivity index (χ0v) is 29.8. The van der Waals surface area contributed by atoms with Crippen LogP contribution in [0.1, 0.15) is 88.7 Å². The van der Waals surface area contributed by atoms with Crippen molar-refractivity contribution in [3.8, 4) is 11.1 Å². The zero-order chi connectivity index (χ0) is 37.4. The molecule has 1 saturated heterocycles. The number of Topliss-reactive ketones (excluding diaryl/α,β-unsaturated/α-hetero) is 1. The molecule has 2 aromatic rings. The van der Waals surface area contributed by atoms with Gasteiger partial charge in [0.2, 0.25) is 23.6 Å². The number of aliphatic hydroxyl groups is 2. The molecule has 1 aliphatic heterocycles. The van der Waals surface area contributed by atoms with E-state index in [9.17, 15) is 39.0 Å². The summed E-state index contributed by atoms with van der Waals surface area (Å²) in [4.78, 5) is 78.6. The summed E-state index contributed by atoms with van der Waals surface area (Å²) in [5, 5.41) is 27.9. The number of ether oxygens (including phenoxy) is 1. The average Bonchev–Trinajstić information content (AvgIpc) is 3.69. The van der Waals surface area contributed by atoms with E-state index in [1.807, 2.05) is 36.4 Å². The summed E-state index contributed by atoms with van der Waals surface area (Å²) >= 11 is 0. The summed E-state index contributed by atoms with van der Waals surface area (Å²) in [6.45, 7) is 2.18. The summed E-state index contributed by atoms with van der Waals surface area (Å²) < 4.78 is 5.64. The Hall–Kier alpha value is -4.62. The third-order valence-electron chi connectivity index (χ3n) is 10.5. The van der Waals surface area contributed by atoms with E-state index >= 15 is 0 Å². The van der Waals surface area contributed by atoms with Gasteiger partial charge in [0.1, 0.15) is 24.7 Å². The molecule has 280 valence electrons. The SMILES string of the molecule is CC(=O)C(NC(=O)C(CO)NC(=O)C(C)NC(=O)C1C[C@@H](O)CN1C(=O)CCCC(=O)OCC1c2ccccc2-c2ccccc21)C1CCCCC1. The summed E-state index contributed by atoms with van der Waals surface area (Å²) in [6, 6.07) is 11.8. The van der Waals surface area contributed by atoms with Crippen LogP contribution in [0.2, 0.25) is 0 Å². The molecule has 52 heavy (non-hydrogen) atoms. The van der Waals surface area contributed by atoms with Crippen molar-refractivity contribution in [2.24, 2.45) is 5.92 Å². The Morgan fingerprint density at radius 1 is 0.865 bits per heavy atom. The van der Waals surface area contributed by atoms with Crippen molar-refractivity contribution in [3.63, 3.8) is 0 Å². The van der Waals surface area contributed by atoms with Gasteiger partial charge in [-0.15, -0.1) is 0 Å². The third kappa shape index (κ3) is 9.23. The van der Waals surface area contributed by atoms with Crippen LogP contribution >= 0.6 is 0 Å². The molecule has 4 amide bonds. The fourth-order valence-electron chi connectivity index (χ4n) is 7.69. The molecule has 5 rings (SSSR count). The van der Waals surface area contributed by atoms with Crippen LogP contribution in [0.5, 0.6) is 0 Å². The number of benzene rings is 2. The fourth-order valence-corrected chi connectivity index (χ4v) is 7.69. The first-order chi connectivity index (χ1) is 25.0. The maximum Gasteiger partial charge on any atom is 0.305 e. The van der Waals surface area contributed by atoms with Gasteiger partial charge in [-0.05, 0) is 61.3 Å². The minimum absolute atomic E-state index is 0.000361. The average molecular weight is 719 g/mol. The van der Waals surface area contributed by atoms with Crippen LogP contribution in [-0.2, 0) is 33.5 Å². The molecule has 3 aliphatic rings.